The molecule has 7 nitrogen and oxygen atoms in total. The minimum absolute atomic E-state index is 0.0881. The number of hydrogen-bond donors (Lipinski definition) is 0. The Morgan fingerprint density at radius 3 is 2.21 bits per heavy atom. The molecule has 6 aromatic carbocycles. The van der Waals surface area contributed by atoms with E-state index in [-0.39, 0.29) is 17.9 Å². The van der Waals surface area contributed by atoms with Crippen LogP contribution in [0.5, 0.6) is 11.5 Å². The van der Waals surface area contributed by atoms with Crippen molar-refractivity contribution in [1.82, 2.24) is 4.90 Å². The molecule has 292 valence electrons. The van der Waals surface area contributed by atoms with Crippen LogP contribution in [0.4, 0.5) is 5.69 Å². The minimum Gasteiger partial charge on any atom is -0.496 e. The van der Waals surface area contributed by atoms with Crippen LogP contribution in [0.1, 0.15) is 30.5 Å². The molecule has 1 aromatic heterocycles. The highest BCUT2D eigenvalue weighted by Crippen LogP contribution is 2.49. The Labute approximate surface area is 339 Å². The van der Waals surface area contributed by atoms with E-state index < -0.39 is 5.63 Å². The van der Waals surface area contributed by atoms with E-state index in [4.69, 9.17) is 13.9 Å². The largest absolute Gasteiger partial charge is 0.496 e. The maximum Gasteiger partial charge on any atom is 0.336 e. The van der Waals surface area contributed by atoms with Crippen LogP contribution in [0.3, 0.4) is 0 Å². The van der Waals surface area contributed by atoms with Crippen molar-refractivity contribution in [3.8, 4) is 33.8 Å². The number of ether oxygens (including phenoxy) is 2. The number of benzene rings is 6. The van der Waals surface area contributed by atoms with Gasteiger partial charge in [0.05, 0.1) is 25.6 Å². The summed E-state index contributed by atoms with van der Waals surface area (Å²) in [5.41, 5.74) is 7.41. The molecule has 2 heterocycles. The van der Waals surface area contributed by atoms with E-state index in [9.17, 15) is 9.59 Å². The molecule has 1 saturated heterocycles. The van der Waals surface area contributed by atoms with Gasteiger partial charge in [-0.2, -0.15) is 0 Å². The summed E-state index contributed by atoms with van der Waals surface area (Å²) in [7, 11) is 7.19. The van der Waals surface area contributed by atoms with Crippen LogP contribution in [0.2, 0.25) is 0 Å². The molecular formula is C51H48N2O5. The summed E-state index contributed by atoms with van der Waals surface area (Å²) in [5.74, 6) is 2.19. The molecular weight excluding hydrogens is 721 g/mol. The SMILES string of the molecule is CC1CC=CC2C1C(=O)N(Cc1ccccc1)C2c1ccc2ccccc2c1.COc1cc(OC)c2c(-c3cccc(-c4ccc(N(C)C)cc4)c3)cc(=O)oc2c1. The number of rotatable bonds is 8. The highest BCUT2D eigenvalue weighted by molar-refractivity contribution is 5.99. The lowest BCUT2D eigenvalue weighted by Crippen LogP contribution is -2.30. The molecule has 0 saturated carbocycles. The Morgan fingerprint density at radius 1 is 0.724 bits per heavy atom. The maximum atomic E-state index is 13.5. The smallest absolute Gasteiger partial charge is 0.336 e. The van der Waals surface area contributed by atoms with Gasteiger partial charge in [0.25, 0.3) is 0 Å². The lowest BCUT2D eigenvalue weighted by atomic mass is 9.75. The topological polar surface area (TPSA) is 72.2 Å². The van der Waals surface area contributed by atoms with Crippen molar-refractivity contribution in [1.29, 1.82) is 0 Å². The number of fused-ring (bicyclic) bond motifs is 3. The molecule has 7 aromatic rings. The number of methoxy groups -OCH3 is 2. The third kappa shape index (κ3) is 7.60. The standard InChI is InChI=1S/C26H25NO.C25H23NO4/c1-18-8-7-13-23-24(18)26(28)27(17-19-9-3-2-4-10-19)25(23)22-15-14-20-11-5-6-12-21(20)16-22;1-26(2)19-10-8-16(9-11-19)17-6-5-7-18(12-17)21-15-24(27)30-23-14-20(28-3)13-22(29-4)25(21)23/h2-7,9-16,18,23-25H,8,17H2,1H3;5-15H,1-4H3. The molecule has 2 aliphatic rings. The summed E-state index contributed by atoms with van der Waals surface area (Å²) < 4.78 is 16.3. The van der Waals surface area contributed by atoms with Crippen molar-refractivity contribution in [3.05, 3.63) is 173 Å². The Hall–Kier alpha value is -6.60. The van der Waals surface area contributed by atoms with Gasteiger partial charge in [-0.05, 0) is 75.2 Å². The van der Waals surface area contributed by atoms with E-state index in [0.717, 1.165) is 39.7 Å². The van der Waals surface area contributed by atoms with E-state index in [1.807, 2.05) is 32.3 Å². The second kappa shape index (κ2) is 16.5. The molecule has 4 atom stereocenters. The van der Waals surface area contributed by atoms with Crippen LogP contribution in [0.25, 0.3) is 44.0 Å². The summed E-state index contributed by atoms with van der Waals surface area (Å²) in [4.78, 5) is 30.0. The van der Waals surface area contributed by atoms with Crippen molar-refractivity contribution in [2.45, 2.75) is 25.9 Å². The first-order chi connectivity index (χ1) is 28.2. The second-order valence-electron chi connectivity index (χ2n) is 15.5. The second-order valence-corrected chi connectivity index (χ2v) is 15.5. The molecule has 0 N–H and O–H groups in total. The number of anilines is 1. The number of likely N-dealkylation sites (tertiary alicyclic amines) is 1. The zero-order valence-electron chi connectivity index (χ0n) is 33.6. The van der Waals surface area contributed by atoms with Gasteiger partial charge in [-0.15, -0.1) is 0 Å². The van der Waals surface area contributed by atoms with Crippen molar-refractivity contribution >= 4 is 33.3 Å². The Balaban J connectivity index is 0.000000162. The van der Waals surface area contributed by atoms with E-state index in [2.05, 4.69) is 132 Å². The first-order valence-electron chi connectivity index (χ1n) is 19.8. The van der Waals surface area contributed by atoms with Crippen LogP contribution in [0, 0.1) is 17.8 Å². The molecule has 1 amide bonds. The summed E-state index contributed by atoms with van der Waals surface area (Å²) in [6.45, 7) is 2.90. The van der Waals surface area contributed by atoms with Gasteiger partial charge in [-0.1, -0.05) is 116 Å². The van der Waals surface area contributed by atoms with Crippen LogP contribution < -0.4 is 20.0 Å². The van der Waals surface area contributed by atoms with Crippen LogP contribution >= 0.6 is 0 Å². The Kier molecular flexibility index (Phi) is 10.9. The van der Waals surface area contributed by atoms with Gasteiger partial charge in [0, 0.05) is 61.9 Å². The summed E-state index contributed by atoms with van der Waals surface area (Å²) >= 11 is 0. The highest BCUT2D eigenvalue weighted by Gasteiger charge is 2.50. The number of nitrogens with zero attached hydrogens (tertiary/aromatic N) is 2. The van der Waals surface area contributed by atoms with Crippen molar-refractivity contribution in [3.63, 3.8) is 0 Å². The molecule has 1 aliphatic carbocycles. The number of carbonyl (C=O) groups is 1. The quantitative estimate of drug-likeness (QED) is 0.113. The van der Waals surface area contributed by atoms with E-state index >= 15 is 0 Å². The van der Waals surface area contributed by atoms with E-state index in [0.29, 0.717) is 35.5 Å². The fourth-order valence-corrected chi connectivity index (χ4v) is 8.66. The predicted octanol–water partition coefficient (Wildman–Crippen LogP) is 11.0. The van der Waals surface area contributed by atoms with Gasteiger partial charge >= 0.3 is 5.63 Å². The monoisotopic (exact) mass is 768 g/mol. The van der Waals surface area contributed by atoms with Crippen molar-refractivity contribution < 1.29 is 18.7 Å². The number of amides is 1. The maximum absolute atomic E-state index is 13.5. The first kappa shape index (κ1) is 38.3. The number of allylic oxidation sites excluding steroid dienone is 1. The molecule has 0 spiro atoms. The molecule has 58 heavy (non-hydrogen) atoms. The average Bonchev–Trinajstić information content (AvgIpc) is 3.54. The normalized spacial score (nSPS) is 18.4. The van der Waals surface area contributed by atoms with Crippen LogP contribution in [0.15, 0.2) is 161 Å². The van der Waals surface area contributed by atoms with Gasteiger partial charge in [0.1, 0.15) is 17.1 Å². The Bertz CT molecular complexity index is 2670. The molecule has 9 rings (SSSR count). The fourth-order valence-electron chi connectivity index (χ4n) is 8.66. The molecule has 4 unspecified atom stereocenters. The first-order valence-corrected chi connectivity index (χ1v) is 19.8. The third-order valence-electron chi connectivity index (χ3n) is 11.6. The molecule has 1 aliphatic heterocycles. The molecule has 7 heteroatoms. The van der Waals surface area contributed by atoms with Crippen molar-refractivity contribution in [2.24, 2.45) is 17.8 Å². The van der Waals surface area contributed by atoms with Gasteiger partial charge in [0.15, 0.2) is 0 Å². The summed E-state index contributed by atoms with van der Waals surface area (Å²) in [6, 6.07) is 47.1. The van der Waals surface area contributed by atoms with Gasteiger partial charge < -0.3 is 23.7 Å². The highest BCUT2D eigenvalue weighted by atomic mass is 16.5. The van der Waals surface area contributed by atoms with E-state index in [1.54, 1.807) is 26.4 Å². The van der Waals surface area contributed by atoms with Gasteiger partial charge in [-0.3, -0.25) is 4.79 Å². The zero-order valence-corrected chi connectivity index (χ0v) is 33.6. The van der Waals surface area contributed by atoms with Gasteiger partial charge in [-0.25, -0.2) is 4.79 Å². The fraction of sp³-hybridized carbons (Fsp3) is 0.216. The summed E-state index contributed by atoms with van der Waals surface area (Å²) in [6.07, 6.45) is 5.57. The van der Waals surface area contributed by atoms with Crippen molar-refractivity contribution in [2.75, 3.05) is 33.2 Å². The minimum atomic E-state index is -0.423. The molecule has 0 radical (unpaired) electrons. The predicted molar refractivity (Wildman–Crippen MR) is 234 cm³/mol. The number of carbonyl (C=O) groups excluding carboxylic acids is 1. The average molecular weight is 769 g/mol. The lowest BCUT2D eigenvalue weighted by Gasteiger charge is -2.29. The molecule has 0 bridgehead atoms. The van der Waals surface area contributed by atoms with Crippen LogP contribution in [-0.4, -0.2) is 39.1 Å². The summed E-state index contributed by atoms with van der Waals surface area (Å²) in [5, 5.41) is 3.22. The Morgan fingerprint density at radius 2 is 1.47 bits per heavy atom. The zero-order chi connectivity index (χ0) is 40.3. The van der Waals surface area contributed by atoms with E-state index in [1.165, 1.54) is 28.0 Å². The third-order valence-corrected chi connectivity index (χ3v) is 11.6. The molecule has 1 fully saturated rings. The number of hydrogen-bond acceptors (Lipinski definition) is 6. The van der Waals surface area contributed by atoms with Crippen LogP contribution in [-0.2, 0) is 11.3 Å². The van der Waals surface area contributed by atoms with Gasteiger partial charge in [0.2, 0.25) is 5.91 Å². The lowest BCUT2D eigenvalue weighted by molar-refractivity contribution is -0.134.